The molecular weight excluding hydrogens is 218 g/mol. The van der Waals surface area contributed by atoms with Crippen LogP contribution in [0, 0.1) is 0 Å². The number of hydrogen-bond acceptors (Lipinski definition) is 5. The molecule has 0 radical (unpaired) electrons. The maximum atomic E-state index is 5.95. The van der Waals surface area contributed by atoms with Crippen LogP contribution in [0.15, 0.2) is 12.4 Å². The van der Waals surface area contributed by atoms with Gasteiger partial charge in [0, 0.05) is 6.04 Å². The van der Waals surface area contributed by atoms with Gasteiger partial charge in [-0.2, -0.15) is 0 Å². The van der Waals surface area contributed by atoms with Crippen LogP contribution in [0.25, 0.3) is 0 Å². The van der Waals surface area contributed by atoms with Crippen molar-refractivity contribution < 1.29 is 9.47 Å². The van der Waals surface area contributed by atoms with Gasteiger partial charge in [-0.05, 0) is 33.1 Å². The van der Waals surface area contributed by atoms with E-state index in [9.17, 15) is 0 Å². The molecule has 5 nitrogen and oxygen atoms in total. The Labute approximate surface area is 101 Å². The fourth-order valence-corrected chi connectivity index (χ4v) is 1.95. The predicted octanol–water partition coefficient (Wildman–Crippen LogP) is 1.52. The van der Waals surface area contributed by atoms with Gasteiger partial charge in [-0.1, -0.05) is 0 Å². The first-order chi connectivity index (χ1) is 8.15. The highest BCUT2D eigenvalue weighted by Gasteiger charge is 2.26. The molecule has 1 aromatic heterocycles. The average Bonchev–Trinajstić information content (AvgIpc) is 2.64. The van der Waals surface area contributed by atoms with Crippen LogP contribution in [-0.4, -0.2) is 28.2 Å². The summed E-state index contributed by atoms with van der Waals surface area (Å²) in [5.41, 5.74) is 5.95. The fraction of sp³-hybridized carbons (Fsp3) is 0.667. The van der Waals surface area contributed by atoms with Crippen LogP contribution in [0.2, 0.25) is 0 Å². The van der Waals surface area contributed by atoms with Gasteiger partial charge in [0.2, 0.25) is 11.8 Å². The Bertz CT molecular complexity index is 371. The van der Waals surface area contributed by atoms with Crippen LogP contribution in [0.1, 0.15) is 33.1 Å². The normalized spacial score (nSPS) is 24.0. The fourth-order valence-electron chi connectivity index (χ4n) is 1.95. The minimum Gasteiger partial charge on any atom is -0.475 e. The van der Waals surface area contributed by atoms with E-state index in [1.807, 2.05) is 13.8 Å². The van der Waals surface area contributed by atoms with E-state index >= 15 is 0 Å². The van der Waals surface area contributed by atoms with Crippen molar-refractivity contribution in [3.05, 3.63) is 12.4 Å². The molecule has 2 N–H and O–H groups in total. The molecule has 1 saturated carbocycles. The second-order valence-electron chi connectivity index (χ2n) is 4.61. The van der Waals surface area contributed by atoms with E-state index in [0.29, 0.717) is 11.8 Å². The van der Waals surface area contributed by atoms with E-state index in [2.05, 4.69) is 9.97 Å². The minimum atomic E-state index is 0.0665. The van der Waals surface area contributed by atoms with Gasteiger partial charge in [-0.25, -0.2) is 9.97 Å². The van der Waals surface area contributed by atoms with Crippen molar-refractivity contribution in [1.82, 2.24) is 9.97 Å². The highest BCUT2D eigenvalue weighted by Crippen LogP contribution is 2.23. The largest absolute Gasteiger partial charge is 0.475 e. The molecule has 2 rings (SSSR count). The summed E-state index contributed by atoms with van der Waals surface area (Å²) < 4.78 is 11.2. The van der Waals surface area contributed by atoms with Crippen LogP contribution < -0.4 is 15.2 Å². The van der Waals surface area contributed by atoms with Crippen molar-refractivity contribution in [3.8, 4) is 11.8 Å². The van der Waals surface area contributed by atoms with Gasteiger partial charge in [0.05, 0.1) is 12.2 Å². The Morgan fingerprint density at radius 3 is 2.71 bits per heavy atom. The quantitative estimate of drug-likeness (QED) is 0.859. The maximum Gasteiger partial charge on any atom is 0.220 e. The number of rotatable bonds is 4. The summed E-state index contributed by atoms with van der Waals surface area (Å²) in [5, 5.41) is 0. The summed E-state index contributed by atoms with van der Waals surface area (Å²) in [6.45, 7) is 3.91. The second kappa shape index (κ2) is 5.31. The molecule has 17 heavy (non-hydrogen) atoms. The molecule has 0 amide bonds. The van der Waals surface area contributed by atoms with Gasteiger partial charge in [0.25, 0.3) is 0 Å². The van der Waals surface area contributed by atoms with Gasteiger partial charge in [0.1, 0.15) is 12.4 Å². The number of aromatic nitrogens is 2. The number of ether oxygens (including phenoxy) is 2. The third kappa shape index (κ3) is 3.30. The molecule has 2 unspecified atom stereocenters. The van der Waals surface area contributed by atoms with E-state index in [0.717, 1.165) is 19.3 Å². The Morgan fingerprint density at radius 2 is 2.06 bits per heavy atom. The SMILES string of the molecule is CC(C)Oc1cc(OC2CCCC2N)ncn1. The van der Waals surface area contributed by atoms with Crippen LogP contribution in [-0.2, 0) is 0 Å². The highest BCUT2D eigenvalue weighted by molar-refractivity contribution is 5.19. The number of nitrogens with zero attached hydrogens (tertiary/aromatic N) is 2. The Hall–Kier alpha value is -1.36. The Morgan fingerprint density at radius 1 is 1.29 bits per heavy atom. The molecule has 1 heterocycles. The first-order valence-electron chi connectivity index (χ1n) is 6.06. The summed E-state index contributed by atoms with van der Waals surface area (Å²) in [6.07, 6.45) is 4.74. The molecular formula is C12H19N3O2. The summed E-state index contributed by atoms with van der Waals surface area (Å²) in [5.74, 6) is 1.08. The minimum absolute atomic E-state index is 0.0665. The van der Waals surface area contributed by atoms with Crippen molar-refractivity contribution in [2.45, 2.75) is 51.4 Å². The first-order valence-corrected chi connectivity index (χ1v) is 6.06. The molecule has 1 aromatic rings. The lowest BCUT2D eigenvalue weighted by Crippen LogP contribution is -2.33. The van der Waals surface area contributed by atoms with E-state index in [-0.39, 0.29) is 18.2 Å². The van der Waals surface area contributed by atoms with Crippen molar-refractivity contribution >= 4 is 0 Å². The van der Waals surface area contributed by atoms with Crippen LogP contribution >= 0.6 is 0 Å². The topological polar surface area (TPSA) is 70.3 Å². The summed E-state index contributed by atoms with van der Waals surface area (Å²) in [6, 6.07) is 1.82. The Kier molecular flexibility index (Phi) is 3.78. The van der Waals surface area contributed by atoms with E-state index in [4.69, 9.17) is 15.2 Å². The molecule has 94 valence electrons. The van der Waals surface area contributed by atoms with Crippen molar-refractivity contribution in [2.24, 2.45) is 5.73 Å². The van der Waals surface area contributed by atoms with E-state index in [1.165, 1.54) is 6.33 Å². The molecule has 0 bridgehead atoms. The number of nitrogens with two attached hydrogens (primary N) is 1. The molecule has 1 aliphatic carbocycles. The van der Waals surface area contributed by atoms with E-state index < -0.39 is 0 Å². The summed E-state index contributed by atoms with van der Waals surface area (Å²) >= 11 is 0. The van der Waals surface area contributed by atoms with Crippen molar-refractivity contribution in [2.75, 3.05) is 0 Å². The van der Waals surface area contributed by atoms with E-state index in [1.54, 1.807) is 6.07 Å². The van der Waals surface area contributed by atoms with Crippen molar-refractivity contribution in [3.63, 3.8) is 0 Å². The molecule has 2 atom stereocenters. The molecule has 0 aliphatic heterocycles. The lowest BCUT2D eigenvalue weighted by atomic mass is 10.2. The smallest absolute Gasteiger partial charge is 0.220 e. The third-order valence-electron chi connectivity index (χ3n) is 2.75. The highest BCUT2D eigenvalue weighted by atomic mass is 16.5. The van der Waals surface area contributed by atoms with Gasteiger partial charge in [0.15, 0.2) is 0 Å². The number of hydrogen-bond donors (Lipinski definition) is 1. The van der Waals surface area contributed by atoms with Crippen molar-refractivity contribution in [1.29, 1.82) is 0 Å². The molecule has 5 heteroatoms. The zero-order valence-electron chi connectivity index (χ0n) is 10.3. The van der Waals surface area contributed by atoms with Crippen LogP contribution in [0.4, 0.5) is 0 Å². The second-order valence-corrected chi connectivity index (χ2v) is 4.61. The zero-order chi connectivity index (χ0) is 12.3. The average molecular weight is 237 g/mol. The third-order valence-corrected chi connectivity index (χ3v) is 2.75. The van der Waals surface area contributed by atoms with Crippen LogP contribution in [0.5, 0.6) is 11.8 Å². The predicted molar refractivity (Wildman–Crippen MR) is 64.0 cm³/mol. The van der Waals surface area contributed by atoms with Gasteiger partial charge in [-0.15, -0.1) is 0 Å². The molecule has 1 aliphatic rings. The van der Waals surface area contributed by atoms with Gasteiger partial charge >= 0.3 is 0 Å². The molecule has 0 spiro atoms. The maximum absolute atomic E-state index is 5.95. The molecule has 0 aromatic carbocycles. The zero-order valence-corrected chi connectivity index (χ0v) is 10.3. The lowest BCUT2D eigenvalue weighted by molar-refractivity contribution is 0.179. The summed E-state index contributed by atoms with van der Waals surface area (Å²) in [7, 11) is 0. The van der Waals surface area contributed by atoms with Crippen LogP contribution in [0.3, 0.4) is 0 Å². The standard InChI is InChI=1S/C12H19N3O2/c1-8(2)16-11-6-12(15-7-14-11)17-10-5-3-4-9(10)13/h6-10H,3-5,13H2,1-2H3. The molecule has 1 fully saturated rings. The molecule has 0 saturated heterocycles. The van der Waals surface area contributed by atoms with Gasteiger partial charge in [-0.3, -0.25) is 0 Å². The first kappa shape index (κ1) is 12.1. The lowest BCUT2D eigenvalue weighted by Gasteiger charge is -2.17. The summed E-state index contributed by atoms with van der Waals surface area (Å²) in [4.78, 5) is 8.10. The monoisotopic (exact) mass is 237 g/mol. The Balaban J connectivity index is 2.00. The van der Waals surface area contributed by atoms with Gasteiger partial charge < -0.3 is 15.2 Å².